The van der Waals surface area contributed by atoms with Crippen LogP contribution in [0.1, 0.15) is 25.2 Å². The first kappa shape index (κ1) is 14.2. The molecule has 0 bridgehead atoms. The molecule has 2 aromatic heterocycles. The molecule has 1 amide bonds. The van der Waals surface area contributed by atoms with Crippen molar-refractivity contribution in [2.75, 3.05) is 13.2 Å². The zero-order chi connectivity index (χ0) is 14.5. The van der Waals surface area contributed by atoms with Gasteiger partial charge in [-0.3, -0.25) is 4.79 Å². The zero-order valence-electron chi connectivity index (χ0n) is 11.6. The highest BCUT2D eigenvalue weighted by molar-refractivity contribution is 7.08. The molecule has 3 heterocycles. The molecule has 2 aromatic rings. The first-order chi connectivity index (χ1) is 10.3. The summed E-state index contributed by atoms with van der Waals surface area (Å²) in [6.07, 6.45) is 3.07. The summed E-state index contributed by atoms with van der Waals surface area (Å²) in [5, 5.41) is 10.7. The van der Waals surface area contributed by atoms with Gasteiger partial charge >= 0.3 is 0 Å². The molecule has 21 heavy (non-hydrogen) atoms. The maximum atomic E-state index is 11.8. The number of carbonyl (C=O) groups is 1. The first-order valence-corrected chi connectivity index (χ1v) is 7.99. The molecule has 1 atom stereocenters. The van der Waals surface area contributed by atoms with E-state index in [0.717, 1.165) is 25.0 Å². The Morgan fingerprint density at radius 1 is 1.52 bits per heavy atom. The average molecular weight is 307 g/mol. The van der Waals surface area contributed by atoms with Gasteiger partial charge in [-0.25, -0.2) is 0 Å². The lowest BCUT2D eigenvalue weighted by Crippen LogP contribution is -2.31. The summed E-state index contributed by atoms with van der Waals surface area (Å²) in [5.74, 6) is 1.05. The largest absolute Gasteiger partial charge is 0.376 e. The average Bonchev–Trinajstić information content (AvgIpc) is 3.24. The van der Waals surface area contributed by atoms with E-state index in [1.54, 1.807) is 11.3 Å². The molecule has 0 radical (unpaired) electrons. The van der Waals surface area contributed by atoms with Gasteiger partial charge in [-0.2, -0.15) is 16.3 Å². The number of nitrogens with zero attached hydrogens (tertiary/aromatic N) is 2. The van der Waals surface area contributed by atoms with Crippen LogP contribution in [0, 0.1) is 0 Å². The Balaban J connectivity index is 1.43. The van der Waals surface area contributed by atoms with E-state index in [-0.39, 0.29) is 12.0 Å². The van der Waals surface area contributed by atoms with E-state index in [2.05, 4.69) is 15.5 Å². The SMILES string of the molecule is O=C(CCc1nc(-c2ccsc2)no1)NCC1CCCO1. The second kappa shape index (κ2) is 6.82. The number of aromatic nitrogens is 2. The third-order valence-electron chi connectivity index (χ3n) is 3.36. The Morgan fingerprint density at radius 2 is 2.48 bits per heavy atom. The fourth-order valence-corrected chi connectivity index (χ4v) is 2.84. The molecule has 0 spiro atoms. The van der Waals surface area contributed by atoms with Crippen molar-refractivity contribution in [2.24, 2.45) is 0 Å². The standard InChI is InChI=1S/C14H17N3O3S/c18-12(15-8-11-2-1-6-19-11)3-4-13-16-14(17-20-13)10-5-7-21-9-10/h5,7,9,11H,1-4,6,8H2,(H,15,18). The van der Waals surface area contributed by atoms with Gasteiger partial charge in [0.05, 0.1) is 6.10 Å². The first-order valence-electron chi connectivity index (χ1n) is 7.05. The van der Waals surface area contributed by atoms with Crippen LogP contribution < -0.4 is 5.32 Å². The van der Waals surface area contributed by atoms with Gasteiger partial charge in [-0.05, 0) is 24.3 Å². The van der Waals surface area contributed by atoms with E-state index < -0.39 is 0 Å². The summed E-state index contributed by atoms with van der Waals surface area (Å²) in [7, 11) is 0. The number of ether oxygens (including phenoxy) is 1. The summed E-state index contributed by atoms with van der Waals surface area (Å²) in [6.45, 7) is 1.39. The van der Waals surface area contributed by atoms with E-state index in [4.69, 9.17) is 9.26 Å². The van der Waals surface area contributed by atoms with Gasteiger partial charge in [-0.1, -0.05) is 5.16 Å². The number of hydrogen-bond donors (Lipinski definition) is 1. The Kier molecular flexibility index (Phi) is 4.62. The van der Waals surface area contributed by atoms with E-state index >= 15 is 0 Å². The number of hydrogen-bond acceptors (Lipinski definition) is 6. The van der Waals surface area contributed by atoms with Crippen LogP contribution in [-0.4, -0.2) is 35.3 Å². The smallest absolute Gasteiger partial charge is 0.227 e. The number of aryl methyl sites for hydroxylation is 1. The highest BCUT2D eigenvalue weighted by Gasteiger charge is 2.16. The number of thiophene rings is 1. The van der Waals surface area contributed by atoms with Crippen LogP contribution in [0.5, 0.6) is 0 Å². The molecule has 0 aliphatic carbocycles. The van der Waals surface area contributed by atoms with Crippen molar-refractivity contribution in [1.29, 1.82) is 0 Å². The molecule has 112 valence electrons. The third kappa shape index (κ3) is 3.89. The van der Waals surface area contributed by atoms with Crippen molar-refractivity contribution < 1.29 is 14.1 Å². The molecule has 1 N–H and O–H groups in total. The molecule has 7 heteroatoms. The van der Waals surface area contributed by atoms with E-state index in [0.29, 0.717) is 31.1 Å². The van der Waals surface area contributed by atoms with Crippen LogP contribution in [0.4, 0.5) is 0 Å². The molecule has 0 aromatic carbocycles. The van der Waals surface area contributed by atoms with Crippen molar-refractivity contribution in [3.05, 3.63) is 22.7 Å². The van der Waals surface area contributed by atoms with Gasteiger partial charge in [0.1, 0.15) is 0 Å². The summed E-state index contributed by atoms with van der Waals surface area (Å²) in [4.78, 5) is 16.0. The number of carbonyl (C=O) groups excluding carboxylic acids is 1. The number of rotatable bonds is 6. The second-order valence-corrected chi connectivity index (χ2v) is 5.74. The predicted molar refractivity (Wildman–Crippen MR) is 77.9 cm³/mol. The quantitative estimate of drug-likeness (QED) is 0.883. The van der Waals surface area contributed by atoms with Crippen molar-refractivity contribution in [2.45, 2.75) is 31.8 Å². The fraction of sp³-hybridized carbons (Fsp3) is 0.500. The molecule has 1 fully saturated rings. The Morgan fingerprint density at radius 3 is 3.24 bits per heavy atom. The number of nitrogens with one attached hydrogen (secondary N) is 1. The monoisotopic (exact) mass is 307 g/mol. The van der Waals surface area contributed by atoms with E-state index in [1.165, 1.54) is 0 Å². The molecule has 0 saturated carbocycles. The fourth-order valence-electron chi connectivity index (χ4n) is 2.21. The molecule has 1 saturated heterocycles. The van der Waals surface area contributed by atoms with Crippen molar-refractivity contribution >= 4 is 17.2 Å². The molecular formula is C14H17N3O3S. The maximum Gasteiger partial charge on any atom is 0.227 e. The van der Waals surface area contributed by atoms with Gasteiger partial charge in [0.25, 0.3) is 0 Å². The topological polar surface area (TPSA) is 77.2 Å². The molecule has 3 rings (SSSR count). The molecule has 1 aliphatic heterocycles. The second-order valence-electron chi connectivity index (χ2n) is 4.96. The minimum absolute atomic E-state index is 0.0132. The highest BCUT2D eigenvalue weighted by Crippen LogP contribution is 2.19. The zero-order valence-corrected chi connectivity index (χ0v) is 12.4. The Hall–Kier alpha value is -1.73. The van der Waals surface area contributed by atoms with Gasteiger partial charge in [-0.15, -0.1) is 0 Å². The molecule has 1 aliphatic rings. The van der Waals surface area contributed by atoms with Crippen LogP contribution in [0.15, 0.2) is 21.3 Å². The Labute approximate surface area is 126 Å². The van der Waals surface area contributed by atoms with Crippen LogP contribution in [0.2, 0.25) is 0 Å². The number of amides is 1. The van der Waals surface area contributed by atoms with Gasteiger partial charge < -0.3 is 14.6 Å². The van der Waals surface area contributed by atoms with Crippen molar-refractivity contribution in [1.82, 2.24) is 15.5 Å². The summed E-state index contributed by atoms with van der Waals surface area (Å²) >= 11 is 1.58. The van der Waals surface area contributed by atoms with Crippen molar-refractivity contribution in [3.8, 4) is 11.4 Å². The summed E-state index contributed by atoms with van der Waals surface area (Å²) < 4.78 is 10.6. The normalized spacial score (nSPS) is 18.0. The third-order valence-corrected chi connectivity index (χ3v) is 4.05. The summed E-state index contributed by atoms with van der Waals surface area (Å²) in [6, 6.07) is 1.94. The van der Waals surface area contributed by atoms with E-state index in [9.17, 15) is 4.79 Å². The lowest BCUT2D eigenvalue weighted by Gasteiger charge is -2.09. The van der Waals surface area contributed by atoms with Gasteiger partial charge in [0, 0.05) is 36.9 Å². The lowest BCUT2D eigenvalue weighted by molar-refractivity contribution is -0.121. The summed E-state index contributed by atoms with van der Waals surface area (Å²) in [5.41, 5.74) is 0.942. The predicted octanol–water partition coefficient (Wildman–Crippen LogP) is 2.03. The van der Waals surface area contributed by atoms with Crippen LogP contribution in [0.25, 0.3) is 11.4 Å². The van der Waals surface area contributed by atoms with Gasteiger partial charge in [0.15, 0.2) is 0 Å². The molecule has 6 nitrogen and oxygen atoms in total. The van der Waals surface area contributed by atoms with Crippen LogP contribution in [-0.2, 0) is 16.0 Å². The molecule has 1 unspecified atom stereocenters. The Bertz CT molecular complexity index is 576. The maximum absolute atomic E-state index is 11.8. The highest BCUT2D eigenvalue weighted by atomic mass is 32.1. The van der Waals surface area contributed by atoms with Gasteiger partial charge in [0.2, 0.25) is 17.6 Å². The lowest BCUT2D eigenvalue weighted by atomic mass is 10.2. The molecular weight excluding hydrogens is 290 g/mol. The minimum atomic E-state index is -0.0132. The minimum Gasteiger partial charge on any atom is -0.376 e. The van der Waals surface area contributed by atoms with E-state index in [1.807, 2.05) is 16.8 Å². The van der Waals surface area contributed by atoms with Crippen LogP contribution >= 0.6 is 11.3 Å². The van der Waals surface area contributed by atoms with Crippen molar-refractivity contribution in [3.63, 3.8) is 0 Å². The van der Waals surface area contributed by atoms with Crippen LogP contribution in [0.3, 0.4) is 0 Å².